The van der Waals surface area contributed by atoms with Gasteiger partial charge in [0.1, 0.15) is 11.4 Å². The zero-order chi connectivity index (χ0) is 36.3. The minimum absolute atomic E-state index is 0.00871. The number of rotatable bonds is 12. The molecule has 49 heavy (non-hydrogen) atoms. The lowest BCUT2D eigenvalue weighted by Crippen LogP contribution is -2.24. The molecule has 4 rings (SSSR count). The van der Waals surface area contributed by atoms with Gasteiger partial charge in [-0.25, -0.2) is 4.68 Å². The van der Waals surface area contributed by atoms with Crippen LogP contribution in [0.3, 0.4) is 0 Å². The van der Waals surface area contributed by atoms with E-state index in [-0.39, 0.29) is 49.6 Å². The number of anilines is 2. The Morgan fingerprint density at radius 1 is 0.878 bits per heavy atom. The first-order chi connectivity index (χ1) is 23.0. The summed E-state index contributed by atoms with van der Waals surface area (Å²) in [7, 11) is 0. The standard InChI is InChI=1S/C36H39Cl3N4O6/c1-8-35(4,5)22-13-14-28(25(16-22)36(6,7)9-2)48-19-29(45)40-24-12-10-11-21(15-24)33(46)41-32-31(49-20(3)44)34(47)43(42-32)30-26(38)17-23(37)18-27(30)39/h10-18,42H,8-9,19H2,1-7H3,(H,40,45)(H,41,46). The Morgan fingerprint density at radius 3 is 2.14 bits per heavy atom. The summed E-state index contributed by atoms with van der Waals surface area (Å²) in [5.74, 6) is -1.98. The van der Waals surface area contributed by atoms with E-state index in [1.54, 1.807) is 12.1 Å². The van der Waals surface area contributed by atoms with Crippen LogP contribution in [0.15, 0.2) is 59.4 Å². The van der Waals surface area contributed by atoms with Crippen molar-refractivity contribution in [3.63, 3.8) is 0 Å². The normalized spacial score (nSPS) is 11.6. The molecule has 0 unspecified atom stereocenters. The maximum Gasteiger partial charge on any atom is 0.316 e. The average molecular weight is 730 g/mol. The number of esters is 1. The predicted octanol–water partition coefficient (Wildman–Crippen LogP) is 8.70. The Bertz CT molecular complexity index is 1940. The van der Waals surface area contributed by atoms with Crippen LogP contribution in [0.5, 0.6) is 11.5 Å². The zero-order valence-electron chi connectivity index (χ0n) is 28.3. The second kappa shape index (κ2) is 15.1. The van der Waals surface area contributed by atoms with Crippen LogP contribution in [0, 0.1) is 0 Å². The molecule has 3 N–H and O–H groups in total. The third-order valence-corrected chi connectivity index (χ3v) is 9.36. The Hall–Kier alpha value is -4.25. The average Bonchev–Trinajstić information content (AvgIpc) is 3.32. The van der Waals surface area contributed by atoms with Crippen molar-refractivity contribution in [3.8, 4) is 17.2 Å². The summed E-state index contributed by atoms with van der Waals surface area (Å²) in [6.07, 6.45) is 1.86. The minimum atomic E-state index is -0.841. The molecular weight excluding hydrogens is 691 g/mol. The smallest absolute Gasteiger partial charge is 0.316 e. The molecule has 0 fully saturated rings. The third-order valence-electron chi connectivity index (χ3n) is 8.56. The van der Waals surface area contributed by atoms with E-state index in [1.807, 2.05) is 12.1 Å². The SMILES string of the molecule is CCC(C)(C)c1ccc(OCC(=O)Nc2cccc(C(=O)Nc3[nH]n(-c4c(Cl)cc(Cl)cc4Cl)c(=O)c3OC(C)=O)c2)c(C(C)(C)CC)c1. The van der Waals surface area contributed by atoms with Gasteiger partial charge in [0.15, 0.2) is 12.4 Å². The number of H-pyrrole nitrogens is 1. The van der Waals surface area contributed by atoms with Gasteiger partial charge in [0.25, 0.3) is 11.8 Å². The van der Waals surface area contributed by atoms with Crippen LogP contribution in [0.4, 0.5) is 11.5 Å². The number of carbonyl (C=O) groups is 3. The van der Waals surface area contributed by atoms with Crippen LogP contribution in [0.1, 0.15) is 82.8 Å². The van der Waals surface area contributed by atoms with E-state index in [9.17, 15) is 19.2 Å². The number of halogens is 3. The predicted molar refractivity (Wildman–Crippen MR) is 194 cm³/mol. The Labute approximate surface area is 300 Å². The lowest BCUT2D eigenvalue weighted by Gasteiger charge is -2.30. The summed E-state index contributed by atoms with van der Waals surface area (Å²) in [5.41, 5.74) is 1.70. The number of carbonyl (C=O) groups excluding carboxylic acids is 3. The third kappa shape index (κ3) is 8.68. The molecule has 0 saturated heterocycles. The fourth-order valence-corrected chi connectivity index (χ4v) is 5.90. The topological polar surface area (TPSA) is 132 Å². The Kier molecular flexibility index (Phi) is 11.6. The van der Waals surface area contributed by atoms with E-state index in [0.717, 1.165) is 30.0 Å². The number of nitrogens with zero attached hydrogens (tertiary/aromatic N) is 1. The van der Waals surface area contributed by atoms with Crippen molar-refractivity contribution < 1.29 is 23.9 Å². The molecule has 0 saturated carbocycles. The highest BCUT2D eigenvalue weighted by atomic mass is 35.5. The molecule has 4 aromatic rings. The van der Waals surface area contributed by atoms with E-state index in [4.69, 9.17) is 44.3 Å². The molecule has 0 bridgehead atoms. The van der Waals surface area contributed by atoms with Gasteiger partial charge in [-0.3, -0.25) is 24.3 Å². The van der Waals surface area contributed by atoms with Gasteiger partial charge in [0, 0.05) is 28.8 Å². The van der Waals surface area contributed by atoms with Crippen molar-refractivity contribution >= 4 is 64.1 Å². The number of aromatic amines is 1. The van der Waals surface area contributed by atoms with Crippen molar-refractivity contribution in [2.75, 3.05) is 17.2 Å². The van der Waals surface area contributed by atoms with Crippen molar-refractivity contribution in [3.05, 3.63) is 96.7 Å². The summed E-state index contributed by atoms with van der Waals surface area (Å²) >= 11 is 18.6. The lowest BCUT2D eigenvalue weighted by atomic mass is 9.76. The molecule has 1 heterocycles. The van der Waals surface area contributed by atoms with Crippen molar-refractivity contribution in [1.82, 2.24) is 9.78 Å². The van der Waals surface area contributed by atoms with Crippen molar-refractivity contribution in [2.45, 2.75) is 72.1 Å². The second-order valence-electron chi connectivity index (χ2n) is 12.8. The molecule has 0 spiro atoms. The quantitative estimate of drug-likeness (QED) is 0.125. The van der Waals surface area contributed by atoms with Crippen molar-refractivity contribution in [1.29, 1.82) is 0 Å². The number of benzene rings is 3. The summed E-state index contributed by atoms with van der Waals surface area (Å²) in [4.78, 5) is 51.4. The number of nitrogens with one attached hydrogen (secondary N) is 3. The molecule has 0 aliphatic heterocycles. The molecule has 13 heteroatoms. The number of amides is 2. The van der Waals surface area contributed by atoms with Crippen LogP contribution in [-0.4, -0.2) is 34.2 Å². The van der Waals surface area contributed by atoms with E-state index >= 15 is 0 Å². The second-order valence-corrected chi connectivity index (χ2v) is 14.1. The molecule has 0 atom stereocenters. The van der Waals surface area contributed by atoms with Gasteiger partial charge in [-0.1, -0.05) is 94.5 Å². The van der Waals surface area contributed by atoms with Gasteiger partial charge in [-0.05, 0) is 65.6 Å². The number of hydrogen-bond acceptors (Lipinski definition) is 6. The van der Waals surface area contributed by atoms with Gasteiger partial charge >= 0.3 is 11.5 Å². The van der Waals surface area contributed by atoms with Gasteiger partial charge in [-0.2, -0.15) is 0 Å². The van der Waals surface area contributed by atoms with Crippen LogP contribution in [-0.2, 0) is 20.4 Å². The number of ether oxygens (including phenoxy) is 2. The monoisotopic (exact) mass is 728 g/mol. The van der Waals surface area contributed by atoms with Crippen LogP contribution >= 0.6 is 34.8 Å². The molecule has 1 aromatic heterocycles. The van der Waals surface area contributed by atoms with Crippen LogP contribution in [0.25, 0.3) is 5.69 Å². The van der Waals surface area contributed by atoms with E-state index in [1.165, 1.54) is 29.8 Å². The Morgan fingerprint density at radius 2 is 1.53 bits per heavy atom. The molecular formula is C36H39Cl3N4O6. The molecule has 0 aliphatic carbocycles. The fourth-order valence-electron chi connectivity index (χ4n) is 4.92. The summed E-state index contributed by atoms with van der Waals surface area (Å²) in [6.45, 7) is 13.8. The first-order valence-corrected chi connectivity index (χ1v) is 16.8. The number of aromatic nitrogens is 2. The van der Waals surface area contributed by atoms with Crippen molar-refractivity contribution in [2.24, 2.45) is 0 Å². The fraction of sp³-hybridized carbons (Fsp3) is 0.333. The maximum atomic E-state index is 13.3. The number of hydrogen-bond donors (Lipinski definition) is 3. The highest BCUT2D eigenvalue weighted by Gasteiger charge is 2.27. The van der Waals surface area contributed by atoms with E-state index < -0.39 is 29.1 Å². The van der Waals surface area contributed by atoms with Crippen LogP contribution < -0.4 is 25.7 Å². The molecule has 10 nitrogen and oxygen atoms in total. The van der Waals surface area contributed by atoms with E-state index in [0.29, 0.717) is 11.4 Å². The van der Waals surface area contributed by atoms with Gasteiger partial charge in [0.2, 0.25) is 5.75 Å². The highest BCUT2D eigenvalue weighted by Crippen LogP contribution is 2.38. The van der Waals surface area contributed by atoms with Gasteiger partial charge < -0.3 is 20.1 Å². The Balaban J connectivity index is 1.53. The maximum absolute atomic E-state index is 13.3. The van der Waals surface area contributed by atoms with Crippen LogP contribution in [0.2, 0.25) is 15.1 Å². The summed E-state index contributed by atoms with van der Waals surface area (Å²) in [5, 5.41) is 8.29. The summed E-state index contributed by atoms with van der Waals surface area (Å²) in [6, 6.07) is 15.1. The largest absolute Gasteiger partial charge is 0.483 e. The van der Waals surface area contributed by atoms with E-state index in [2.05, 4.69) is 63.3 Å². The first kappa shape index (κ1) is 37.6. The molecule has 260 valence electrons. The van der Waals surface area contributed by atoms with Gasteiger partial charge in [-0.15, -0.1) is 0 Å². The lowest BCUT2D eigenvalue weighted by molar-refractivity contribution is -0.131. The molecule has 3 aromatic carbocycles. The molecule has 2 amide bonds. The highest BCUT2D eigenvalue weighted by molar-refractivity contribution is 6.40. The minimum Gasteiger partial charge on any atom is -0.483 e. The first-order valence-electron chi connectivity index (χ1n) is 15.6. The zero-order valence-corrected chi connectivity index (χ0v) is 30.6. The molecule has 0 radical (unpaired) electrons. The van der Waals surface area contributed by atoms with Gasteiger partial charge in [0.05, 0.1) is 10.0 Å². The molecule has 0 aliphatic rings. The summed E-state index contributed by atoms with van der Waals surface area (Å²) < 4.78 is 12.1.